The third-order valence-corrected chi connectivity index (χ3v) is 17.1. The van der Waals surface area contributed by atoms with Gasteiger partial charge in [-0.1, -0.05) is 110 Å². The van der Waals surface area contributed by atoms with Crippen molar-refractivity contribution >= 4 is 70.9 Å². The zero-order valence-corrected chi connectivity index (χ0v) is 56.9. The molecule has 490 valence electrons. The van der Waals surface area contributed by atoms with Crippen LogP contribution in [0.2, 0.25) is 0 Å². The number of hydrogen-bond acceptors (Lipinski definition) is 13. The van der Waals surface area contributed by atoms with Gasteiger partial charge in [-0.15, -0.1) is 0 Å². The van der Waals surface area contributed by atoms with Gasteiger partial charge in [0.1, 0.15) is 42.2 Å². The van der Waals surface area contributed by atoms with E-state index in [0.717, 1.165) is 9.80 Å². The summed E-state index contributed by atoms with van der Waals surface area (Å²) in [4.78, 5) is 182. The number of aliphatic hydroxyl groups excluding tert-OH is 1. The molecule has 0 aromatic carbocycles. The number of rotatable bonds is 15. The molecule has 1 fully saturated rings. The summed E-state index contributed by atoms with van der Waals surface area (Å²) in [6.45, 7) is 29.8. The Labute approximate surface area is 515 Å². The predicted octanol–water partition coefficient (Wildman–Crippen LogP) is 6.07. The van der Waals surface area contributed by atoms with Crippen LogP contribution in [0.5, 0.6) is 0 Å². The zero-order valence-electron chi connectivity index (χ0n) is 56.9. The van der Waals surface area contributed by atoms with Gasteiger partial charge in [0.2, 0.25) is 41.4 Å². The van der Waals surface area contributed by atoms with Gasteiger partial charge in [-0.25, -0.2) is 0 Å². The monoisotopic (exact) mass is 1210 g/mol. The van der Waals surface area contributed by atoms with Gasteiger partial charge in [-0.2, -0.15) is 0 Å². The second-order valence-electron chi connectivity index (χ2n) is 26.9. The lowest BCUT2D eigenvalue weighted by molar-refractivity contribution is -0.157. The number of Topliss-reactive ketones (excluding diaryl/α,β-unsaturated/α-hetero) is 3. The van der Waals surface area contributed by atoms with E-state index in [9.17, 15) is 53.1 Å². The smallest absolute Gasteiger partial charge is 0.270 e. The fourth-order valence-electron chi connectivity index (χ4n) is 11.6. The highest BCUT2D eigenvalue weighted by Crippen LogP contribution is 2.30. The van der Waals surface area contributed by atoms with E-state index in [-0.39, 0.29) is 80.7 Å². The molecule has 0 radical (unpaired) electrons. The van der Waals surface area contributed by atoms with Gasteiger partial charge in [0.05, 0.1) is 18.2 Å². The lowest BCUT2D eigenvalue weighted by atomic mass is 9.84. The fourth-order valence-corrected chi connectivity index (χ4v) is 11.6. The van der Waals surface area contributed by atoms with Crippen molar-refractivity contribution in [3.63, 3.8) is 0 Å². The van der Waals surface area contributed by atoms with Crippen LogP contribution in [0.3, 0.4) is 0 Å². The van der Waals surface area contributed by atoms with Crippen LogP contribution in [-0.4, -0.2) is 208 Å². The molecule has 2 N–H and O–H groups in total. The molecule has 1 saturated heterocycles. The summed E-state index contributed by atoms with van der Waals surface area (Å²) in [5.74, 6) is -12.0. The average molecular weight is 1210 g/mol. The Morgan fingerprint density at radius 2 is 0.919 bits per heavy atom. The minimum Gasteiger partial charge on any atom is -0.390 e. The number of amides is 8. The molecule has 1 aliphatic heterocycles. The van der Waals surface area contributed by atoms with E-state index in [1.54, 1.807) is 55.4 Å². The number of hydrogen-bond donors (Lipinski definition) is 2. The lowest BCUT2D eigenvalue weighted by Crippen LogP contribution is -2.61. The van der Waals surface area contributed by atoms with E-state index in [1.807, 2.05) is 55.4 Å². The highest BCUT2D eigenvalue weighted by Gasteiger charge is 2.46. The lowest BCUT2D eigenvalue weighted by Gasteiger charge is -2.41. The molecule has 86 heavy (non-hydrogen) atoms. The Morgan fingerprint density at radius 3 is 1.35 bits per heavy atom. The normalized spacial score (nSPS) is 27.4. The molecular weight excluding hydrogens is 1100 g/mol. The van der Waals surface area contributed by atoms with E-state index < -0.39 is 155 Å². The summed E-state index contributed by atoms with van der Waals surface area (Å²) in [5, 5.41) is 14.7. The van der Waals surface area contributed by atoms with E-state index in [1.165, 1.54) is 86.8 Å². The van der Waals surface area contributed by atoms with Crippen molar-refractivity contribution in [3.8, 4) is 0 Å². The molecule has 0 aromatic rings. The van der Waals surface area contributed by atoms with E-state index in [4.69, 9.17) is 0 Å². The SMILES string of the molecule is C/C=C1\C(=O)N(C)[C@@H](CC(C)C)C(=O)C[C@H](C(C)C)C(=O)N(C)[C@H](CC(C)C)C(=O)C[C@H](C)C(=O)N[C@@H](C)C(=O)N(C)[C@H](CC(C)C)C(=O)N(C)[C@H](CC(C)C)C(=O)N(C)[C@H](C(C)C)C(=O)N(C)[C@H]([C@H](O)[C@H](C)CC=O)C(=O)C[C@H](CC)C(=O)N1C. The summed E-state index contributed by atoms with van der Waals surface area (Å²) < 4.78 is 0. The maximum atomic E-state index is 15.1. The molecular formula is C65H112N8O13. The third-order valence-electron chi connectivity index (χ3n) is 17.1. The van der Waals surface area contributed by atoms with Gasteiger partial charge >= 0.3 is 0 Å². The van der Waals surface area contributed by atoms with Crippen molar-refractivity contribution in [3.05, 3.63) is 11.8 Å². The molecule has 8 amide bonds. The number of aliphatic hydroxyl groups is 1. The fraction of sp³-hybridized carbons (Fsp3) is 0.785. The maximum Gasteiger partial charge on any atom is 0.270 e. The Morgan fingerprint density at radius 1 is 0.500 bits per heavy atom. The van der Waals surface area contributed by atoms with Gasteiger partial charge in [-0.3, -0.25) is 52.7 Å². The molecule has 0 spiro atoms. The number of allylic oxidation sites excluding steroid dienone is 1. The highest BCUT2D eigenvalue weighted by atomic mass is 16.3. The second-order valence-corrected chi connectivity index (χ2v) is 26.9. The van der Waals surface area contributed by atoms with Gasteiger partial charge < -0.3 is 49.5 Å². The largest absolute Gasteiger partial charge is 0.390 e. The first-order valence-electron chi connectivity index (χ1n) is 31.2. The number of likely N-dealkylation sites (N-methyl/N-ethyl adjacent to an activating group) is 7. The topological polar surface area (TPSA) is 260 Å². The molecule has 21 nitrogen and oxygen atoms in total. The molecule has 0 aromatic heterocycles. The molecule has 12 atom stereocenters. The number of aldehydes is 1. The predicted molar refractivity (Wildman–Crippen MR) is 332 cm³/mol. The van der Waals surface area contributed by atoms with Gasteiger partial charge in [0.15, 0.2) is 17.3 Å². The number of carbonyl (C=O) groups is 12. The van der Waals surface area contributed by atoms with Crippen LogP contribution in [0.4, 0.5) is 0 Å². The standard InChI is InChI=1S/C65H112N8O13/c1-25-45-34-54(77)56(57(78)42(15)27-28-74)73(24)65(86)55(41(13)14)72(23)64(85)51(32-39(9)10)71(22)63(84)50(31-38(7)8)70(21)59(80)44(17)66-58(79)43(16)33-52(75)48(29-36(3)4)68(19)61(82)46(40(11)12)35-53(76)49(30-37(5)6)69(20)62(83)47(26-2)67(18)60(45)81/h26,28,36-46,48-51,55-57,78H,25,27,29-35H2,1-24H3,(H,66,79)/b47-26+/t42-,43+,44+,45+,46-,48-,49+,50-,51-,55-,56+,57-/m1/s1. The van der Waals surface area contributed by atoms with E-state index in [2.05, 4.69) is 5.32 Å². The van der Waals surface area contributed by atoms with Gasteiger partial charge in [0, 0.05) is 92.8 Å². The van der Waals surface area contributed by atoms with Crippen LogP contribution in [-0.2, 0) is 57.5 Å². The van der Waals surface area contributed by atoms with Crippen LogP contribution < -0.4 is 5.32 Å². The van der Waals surface area contributed by atoms with Crippen LogP contribution >= 0.6 is 0 Å². The third kappa shape index (κ3) is 20.9. The Bertz CT molecular complexity index is 2400. The Balaban J connectivity index is 4.40. The molecule has 1 heterocycles. The van der Waals surface area contributed by atoms with Crippen LogP contribution in [0.15, 0.2) is 11.8 Å². The first kappa shape index (κ1) is 78.2. The summed E-state index contributed by atoms with van der Waals surface area (Å²) in [6, 6.07) is -8.48. The number of ketones is 3. The van der Waals surface area contributed by atoms with E-state index in [0.29, 0.717) is 6.29 Å². The summed E-state index contributed by atoms with van der Waals surface area (Å²) in [6.07, 6.45) is -0.131. The molecule has 1 rings (SSSR count). The Kier molecular flexibility index (Phi) is 32.0. The molecule has 21 heteroatoms. The van der Waals surface area contributed by atoms with Crippen molar-refractivity contribution in [2.75, 3.05) is 49.3 Å². The molecule has 0 unspecified atom stereocenters. The van der Waals surface area contributed by atoms with Crippen molar-refractivity contribution < 1.29 is 62.6 Å². The average Bonchev–Trinajstić information content (AvgIpc) is 1.75. The van der Waals surface area contributed by atoms with Crippen LogP contribution in [0.25, 0.3) is 0 Å². The summed E-state index contributed by atoms with van der Waals surface area (Å²) in [5.41, 5.74) is -0.108. The van der Waals surface area contributed by atoms with Crippen molar-refractivity contribution in [2.45, 2.75) is 224 Å². The van der Waals surface area contributed by atoms with Crippen LogP contribution in [0.1, 0.15) is 175 Å². The van der Waals surface area contributed by atoms with E-state index >= 15 is 9.59 Å². The van der Waals surface area contributed by atoms with Gasteiger partial charge in [-0.05, 0) is 87.4 Å². The number of carbonyl (C=O) groups excluding carboxylic acids is 12. The quantitative estimate of drug-likeness (QED) is 0.140. The Hall–Kier alpha value is -5.86. The van der Waals surface area contributed by atoms with Crippen LogP contribution in [0, 0.1) is 59.2 Å². The number of nitrogens with zero attached hydrogens (tertiary/aromatic N) is 7. The highest BCUT2D eigenvalue weighted by molar-refractivity contribution is 6.02. The van der Waals surface area contributed by atoms with Crippen molar-refractivity contribution in [2.24, 2.45) is 59.2 Å². The maximum absolute atomic E-state index is 15.1. The minimum atomic E-state index is -1.64. The summed E-state index contributed by atoms with van der Waals surface area (Å²) >= 11 is 0. The second kappa shape index (κ2) is 35.2. The molecule has 1 aliphatic rings. The van der Waals surface area contributed by atoms with Crippen molar-refractivity contribution in [1.82, 2.24) is 39.6 Å². The number of nitrogens with one attached hydrogen (secondary N) is 1. The van der Waals surface area contributed by atoms with Crippen molar-refractivity contribution in [1.29, 1.82) is 0 Å². The first-order valence-corrected chi connectivity index (χ1v) is 31.2. The summed E-state index contributed by atoms with van der Waals surface area (Å²) in [7, 11) is 9.98. The van der Waals surface area contributed by atoms with Gasteiger partial charge in [0.25, 0.3) is 5.91 Å². The zero-order chi connectivity index (χ0) is 66.8. The molecule has 0 bridgehead atoms. The molecule has 0 aliphatic carbocycles. The first-order chi connectivity index (χ1) is 39.7. The molecule has 0 saturated carbocycles. The minimum absolute atomic E-state index is 0.0713.